The van der Waals surface area contributed by atoms with E-state index in [1.165, 1.54) is 0 Å². The molecular formula is C18H19BrN2O2. The van der Waals surface area contributed by atoms with Crippen molar-refractivity contribution in [3.63, 3.8) is 0 Å². The summed E-state index contributed by atoms with van der Waals surface area (Å²) in [6.07, 6.45) is 0.340. The highest BCUT2D eigenvalue weighted by Crippen LogP contribution is 2.26. The average Bonchev–Trinajstić information content (AvgIpc) is 3.04. The third kappa shape index (κ3) is 3.34. The Balaban J connectivity index is 1.77. The third-order valence-electron chi connectivity index (χ3n) is 3.98. The summed E-state index contributed by atoms with van der Waals surface area (Å²) in [6.45, 7) is 5.82. The van der Waals surface area contributed by atoms with E-state index in [1.54, 1.807) is 0 Å². The van der Waals surface area contributed by atoms with E-state index in [-0.39, 0.29) is 11.9 Å². The lowest BCUT2D eigenvalue weighted by molar-refractivity contribution is -0.121. The molecular weight excluding hydrogens is 356 g/mol. The van der Waals surface area contributed by atoms with Gasteiger partial charge in [0.25, 0.3) is 0 Å². The monoisotopic (exact) mass is 374 g/mol. The van der Waals surface area contributed by atoms with Crippen LogP contribution >= 0.6 is 15.9 Å². The van der Waals surface area contributed by atoms with E-state index in [0.29, 0.717) is 6.42 Å². The van der Waals surface area contributed by atoms with Crippen LogP contribution in [0.4, 0.5) is 0 Å². The van der Waals surface area contributed by atoms with E-state index in [4.69, 9.17) is 4.42 Å². The van der Waals surface area contributed by atoms with Crippen molar-refractivity contribution in [2.45, 2.75) is 33.2 Å². The lowest BCUT2D eigenvalue weighted by Gasteiger charge is -2.11. The van der Waals surface area contributed by atoms with Crippen LogP contribution in [-0.4, -0.2) is 10.9 Å². The van der Waals surface area contributed by atoms with Gasteiger partial charge >= 0.3 is 0 Å². The summed E-state index contributed by atoms with van der Waals surface area (Å²) >= 11 is 3.49. The SMILES string of the molecule is Cc1ccc(C(C)NC(=O)Cc2c(C)[nH]c3ccc(Br)cc23)o1. The van der Waals surface area contributed by atoms with Crippen LogP contribution in [-0.2, 0) is 11.2 Å². The van der Waals surface area contributed by atoms with Crippen LogP contribution in [0.3, 0.4) is 0 Å². The number of hydrogen-bond acceptors (Lipinski definition) is 2. The fourth-order valence-corrected chi connectivity index (χ4v) is 3.15. The summed E-state index contributed by atoms with van der Waals surface area (Å²) in [5.41, 5.74) is 3.10. The summed E-state index contributed by atoms with van der Waals surface area (Å²) < 4.78 is 6.57. The number of fused-ring (bicyclic) bond motifs is 1. The second-order valence-corrected chi connectivity index (χ2v) is 6.75. The van der Waals surface area contributed by atoms with Crippen LogP contribution in [0.2, 0.25) is 0 Å². The van der Waals surface area contributed by atoms with Gasteiger partial charge in [-0.1, -0.05) is 15.9 Å². The van der Waals surface area contributed by atoms with E-state index >= 15 is 0 Å². The van der Waals surface area contributed by atoms with Gasteiger partial charge in [-0.15, -0.1) is 0 Å². The molecule has 1 unspecified atom stereocenters. The highest BCUT2D eigenvalue weighted by Gasteiger charge is 2.16. The molecule has 3 aromatic rings. The first-order valence-electron chi connectivity index (χ1n) is 7.56. The van der Waals surface area contributed by atoms with Crippen molar-refractivity contribution in [2.75, 3.05) is 0 Å². The maximum absolute atomic E-state index is 12.4. The fourth-order valence-electron chi connectivity index (χ4n) is 2.79. The van der Waals surface area contributed by atoms with Gasteiger partial charge in [-0.2, -0.15) is 0 Å². The van der Waals surface area contributed by atoms with Crippen LogP contribution in [0.25, 0.3) is 10.9 Å². The van der Waals surface area contributed by atoms with Crippen LogP contribution in [0.5, 0.6) is 0 Å². The second-order valence-electron chi connectivity index (χ2n) is 5.83. The van der Waals surface area contributed by atoms with Crippen molar-refractivity contribution in [2.24, 2.45) is 0 Å². The van der Waals surface area contributed by atoms with Gasteiger partial charge in [0.15, 0.2) is 0 Å². The number of aryl methyl sites for hydroxylation is 2. The van der Waals surface area contributed by atoms with Gasteiger partial charge in [0.1, 0.15) is 11.5 Å². The lowest BCUT2D eigenvalue weighted by Crippen LogP contribution is -2.28. The summed E-state index contributed by atoms with van der Waals surface area (Å²) in [4.78, 5) is 15.7. The molecule has 0 aliphatic carbocycles. The Labute approximate surface area is 143 Å². The number of rotatable bonds is 4. The van der Waals surface area contributed by atoms with Crippen molar-refractivity contribution in [1.29, 1.82) is 0 Å². The zero-order valence-electron chi connectivity index (χ0n) is 13.4. The van der Waals surface area contributed by atoms with E-state index in [2.05, 4.69) is 26.2 Å². The Hall–Kier alpha value is -2.01. The predicted molar refractivity (Wildman–Crippen MR) is 94.4 cm³/mol. The van der Waals surface area contributed by atoms with Crippen molar-refractivity contribution in [3.05, 3.63) is 57.6 Å². The molecule has 23 heavy (non-hydrogen) atoms. The molecule has 3 rings (SSSR count). The van der Waals surface area contributed by atoms with Crippen molar-refractivity contribution in [1.82, 2.24) is 10.3 Å². The smallest absolute Gasteiger partial charge is 0.225 e. The van der Waals surface area contributed by atoms with Crippen molar-refractivity contribution >= 4 is 32.7 Å². The lowest BCUT2D eigenvalue weighted by atomic mass is 10.1. The summed E-state index contributed by atoms with van der Waals surface area (Å²) in [7, 11) is 0. The number of furan rings is 1. The molecule has 0 saturated carbocycles. The molecule has 2 aromatic heterocycles. The van der Waals surface area contributed by atoms with E-state index in [0.717, 1.165) is 38.2 Å². The first-order valence-corrected chi connectivity index (χ1v) is 8.35. The second kappa shape index (κ2) is 6.24. The Bertz CT molecular complexity index is 863. The number of halogens is 1. The Morgan fingerprint density at radius 2 is 2.09 bits per heavy atom. The first kappa shape index (κ1) is 15.9. The van der Waals surface area contributed by atoms with Gasteiger partial charge < -0.3 is 14.7 Å². The number of H-pyrrole nitrogens is 1. The fraction of sp³-hybridized carbons (Fsp3) is 0.278. The molecule has 0 saturated heterocycles. The molecule has 0 aliphatic heterocycles. The number of benzene rings is 1. The molecule has 2 heterocycles. The Morgan fingerprint density at radius 1 is 1.30 bits per heavy atom. The Morgan fingerprint density at radius 3 is 2.78 bits per heavy atom. The number of carbonyl (C=O) groups is 1. The van der Waals surface area contributed by atoms with Crippen molar-refractivity contribution in [3.8, 4) is 0 Å². The normalized spacial score (nSPS) is 12.5. The largest absolute Gasteiger partial charge is 0.464 e. The number of nitrogens with one attached hydrogen (secondary N) is 2. The molecule has 1 aromatic carbocycles. The quantitative estimate of drug-likeness (QED) is 0.702. The van der Waals surface area contributed by atoms with Crippen LogP contribution < -0.4 is 5.32 Å². The standard InChI is InChI=1S/C18H19BrN2O2/c1-10-4-7-17(23-10)12(3)21-18(22)9-14-11(2)20-16-6-5-13(19)8-15(14)16/h4-8,12,20H,9H2,1-3H3,(H,21,22). The first-order chi connectivity index (χ1) is 10.9. The zero-order valence-corrected chi connectivity index (χ0v) is 15.0. The van der Waals surface area contributed by atoms with E-state index < -0.39 is 0 Å². The maximum Gasteiger partial charge on any atom is 0.225 e. The number of carbonyl (C=O) groups excluding carboxylic acids is 1. The molecule has 0 radical (unpaired) electrons. The summed E-state index contributed by atoms with van der Waals surface area (Å²) in [5, 5.41) is 4.07. The number of hydrogen-bond donors (Lipinski definition) is 2. The highest BCUT2D eigenvalue weighted by molar-refractivity contribution is 9.10. The molecule has 5 heteroatoms. The van der Waals surface area contributed by atoms with Crippen LogP contribution in [0.1, 0.15) is 35.7 Å². The molecule has 0 fully saturated rings. The molecule has 2 N–H and O–H groups in total. The average molecular weight is 375 g/mol. The minimum absolute atomic E-state index is 0.0180. The van der Waals surface area contributed by atoms with Gasteiger partial charge in [0.2, 0.25) is 5.91 Å². The molecule has 0 aliphatic rings. The molecule has 1 atom stereocenters. The van der Waals surface area contributed by atoms with Gasteiger partial charge in [0.05, 0.1) is 12.5 Å². The van der Waals surface area contributed by atoms with E-state index in [1.807, 2.05) is 51.1 Å². The predicted octanol–water partition coefficient (Wildman–Crippen LogP) is 4.56. The number of aromatic nitrogens is 1. The highest BCUT2D eigenvalue weighted by atomic mass is 79.9. The number of aromatic amines is 1. The van der Waals surface area contributed by atoms with Crippen LogP contribution in [0, 0.1) is 13.8 Å². The molecule has 0 spiro atoms. The van der Waals surface area contributed by atoms with Crippen LogP contribution in [0.15, 0.2) is 39.2 Å². The topological polar surface area (TPSA) is 58.0 Å². The molecule has 120 valence electrons. The van der Waals surface area contributed by atoms with Gasteiger partial charge in [-0.25, -0.2) is 0 Å². The van der Waals surface area contributed by atoms with Gasteiger partial charge in [-0.05, 0) is 56.7 Å². The molecule has 4 nitrogen and oxygen atoms in total. The molecule has 0 bridgehead atoms. The third-order valence-corrected chi connectivity index (χ3v) is 4.48. The van der Waals surface area contributed by atoms with Gasteiger partial charge in [0, 0.05) is 21.1 Å². The van der Waals surface area contributed by atoms with Crippen molar-refractivity contribution < 1.29 is 9.21 Å². The number of amides is 1. The summed E-state index contributed by atoms with van der Waals surface area (Å²) in [5.74, 6) is 1.60. The molecule has 1 amide bonds. The minimum Gasteiger partial charge on any atom is -0.464 e. The van der Waals surface area contributed by atoms with E-state index in [9.17, 15) is 4.79 Å². The zero-order chi connectivity index (χ0) is 16.6. The minimum atomic E-state index is -0.145. The summed E-state index contributed by atoms with van der Waals surface area (Å²) in [6, 6.07) is 9.70. The Kier molecular flexibility index (Phi) is 4.31. The van der Waals surface area contributed by atoms with Gasteiger partial charge in [-0.3, -0.25) is 4.79 Å². The maximum atomic E-state index is 12.4.